The number of hydrogen-bond acceptors (Lipinski definition) is 6. The number of piperidine rings is 1. The van der Waals surface area contributed by atoms with Gasteiger partial charge in [0.25, 0.3) is 5.56 Å². The summed E-state index contributed by atoms with van der Waals surface area (Å²) < 4.78 is 1.68. The summed E-state index contributed by atoms with van der Waals surface area (Å²) in [5, 5.41) is 14.3. The number of nitrogens with zero attached hydrogens (tertiary/aromatic N) is 4. The molecule has 2 aliphatic rings. The molecule has 0 amide bonds. The first-order valence-corrected chi connectivity index (χ1v) is 11.3. The number of aliphatic hydroxyl groups excluding tert-OH is 1. The maximum atomic E-state index is 13.0. The zero-order valence-corrected chi connectivity index (χ0v) is 18.5. The fourth-order valence-electron chi connectivity index (χ4n) is 5.01. The summed E-state index contributed by atoms with van der Waals surface area (Å²) in [5.41, 5.74) is 4.91. The summed E-state index contributed by atoms with van der Waals surface area (Å²) in [6.07, 6.45) is 3.58. The first-order valence-electron chi connectivity index (χ1n) is 11.3. The van der Waals surface area contributed by atoms with Crippen molar-refractivity contribution in [3.05, 3.63) is 62.8 Å². The minimum atomic E-state index is -0.625. The lowest BCUT2D eigenvalue weighted by atomic mass is 9.86. The molecule has 0 spiro atoms. The molecule has 0 bridgehead atoms. The van der Waals surface area contributed by atoms with Crippen LogP contribution in [0.2, 0.25) is 0 Å². The Morgan fingerprint density at radius 2 is 1.94 bits per heavy atom. The molecule has 0 radical (unpaired) electrons. The number of likely N-dealkylation sites (tertiary alicyclic amines) is 1. The Morgan fingerprint density at radius 3 is 2.65 bits per heavy atom. The van der Waals surface area contributed by atoms with E-state index in [1.165, 1.54) is 5.56 Å². The van der Waals surface area contributed by atoms with Crippen LogP contribution in [-0.2, 0) is 13.0 Å². The van der Waals surface area contributed by atoms with Gasteiger partial charge in [0.05, 0.1) is 5.71 Å². The molecule has 1 atom stereocenters. The van der Waals surface area contributed by atoms with E-state index in [0.29, 0.717) is 31.1 Å². The van der Waals surface area contributed by atoms with Crippen molar-refractivity contribution in [1.82, 2.24) is 14.5 Å². The Labute approximate surface area is 183 Å². The Hall–Kier alpha value is -2.51. The highest BCUT2D eigenvalue weighted by Crippen LogP contribution is 2.25. The number of fused-ring (bicyclic) bond motifs is 1. The second kappa shape index (κ2) is 9.32. The molecule has 0 aliphatic carbocycles. The summed E-state index contributed by atoms with van der Waals surface area (Å²) in [4.78, 5) is 20.0. The van der Waals surface area contributed by atoms with Crippen LogP contribution in [0.25, 0.3) is 0 Å². The van der Waals surface area contributed by atoms with Crippen LogP contribution in [0, 0.1) is 19.8 Å². The topological polar surface area (TPSA) is 96.7 Å². The van der Waals surface area contributed by atoms with Crippen LogP contribution in [0.5, 0.6) is 0 Å². The van der Waals surface area contributed by atoms with Crippen molar-refractivity contribution in [2.45, 2.75) is 58.6 Å². The molecule has 7 heteroatoms. The fourth-order valence-corrected chi connectivity index (χ4v) is 5.01. The molecule has 31 heavy (non-hydrogen) atoms. The van der Waals surface area contributed by atoms with Crippen molar-refractivity contribution in [3.8, 4) is 0 Å². The smallest absolute Gasteiger partial charge is 0.257 e. The molecule has 0 saturated carbocycles. The first kappa shape index (κ1) is 21.7. The van der Waals surface area contributed by atoms with Gasteiger partial charge in [-0.2, -0.15) is 5.10 Å². The second-order valence-corrected chi connectivity index (χ2v) is 8.84. The zero-order chi connectivity index (χ0) is 22.0. The molecular weight excluding hydrogens is 390 g/mol. The van der Waals surface area contributed by atoms with Gasteiger partial charge < -0.3 is 15.8 Å². The van der Waals surface area contributed by atoms with Crippen molar-refractivity contribution in [3.63, 3.8) is 0 Å². The second-order valence-electron chi connectivity index (χ2n) is 8.84. The Kier molecular flexibility index (Phi) is 6.53. The molecule has 1 saturated heterocycles. The summed E-state index contributed by atoms with van der Waals surface area (Å²) in [6.45, 7) is 7.41. The van der Waals surface area contributed by atoms with Gasteiger partial charge in [-0.3, -0.25) is 9.36 Å². The third-order valence-electron chi connectivity index (χ3n) is 6.87. The number of hydrazone groups is 1. The third-order valence-corrected chi connectivity index (χ3v) is 6.87. The molecule has 1 aromatic heterocycles. The minimum absolute atomic E-state index is 0.0215. The standard InChI is InChI=1S/C24H33N5O2/c1-16-6-3-4-7-19(16)22(27-25)18-9-13-28(14-10-18)15-11-20-17(2)26-23-21(30)8-5-12-29(23)24(20)31/h3-4,6-7,18,21,30H,5,8-15,25H2,1-2H3/b27-22-. The van der Waals surface area contributed by atoms with Gasteiger partial charge in [0, 0.05) is 35.8 Å². The predicted octanol–water partition coefficient (Wildman–Crippen LogP) is 2.30. The molecule has 4 rings (SSSR count). The van der Waals surface area contributed by atoms with E-state index in [9.17, 15) is 9.90 Å². The van der Waals surface area contributed by atoms with Gasteiger partial charge >= 0.3 is 0 Å². The van der Waals surface area contributed by atoms with Crippen molar-refractivity contribution in [2.75, 3.05) is 19.6 Å². The van der Waals surface area contributed by atoms with E-state index in [1.54, 1.807) is 4.57 Å². The predicted molar refractivity (Wildman–Crippen MR) is 122 cm³/mol. The lowest BCUT2D eigenvalue weighted by molar-refractivity contribution is 0.129. The highest BCUT2D eigenvalue weighted by atomic mass is 16.3. The number of aryl methyl sites for hydroxylation is 2. The van der Waals surface area contributed by atoms with E-state index >= 15 is 0 Å². The van der Waals surface area contributed by atoms with E-state index < -0.39 is 6.10 Å². The summed E-state index contributed by atoms with van der Waals surface area (Å²) in [5.74, 6) is 6.68. The van der Waals surface area contributed by atoms with Crippen molar-refractivity contribution in [1.29, 1.82) is 0 Å². The zero-order valence-electron chi connectivity index (χ0n) is 18.5. The highest BCUT2D eigenvalue weighted by Gasteiger charge is 2.26. The fraction of sp³-hybridized carbons (Fsp3) is 0.542. The lowest BCUT2D eigenvalue weighted by Crippen LogP contribution is -2.39. The number of hydrogen-bond donors (Lipinski definition) is 2. The minimum Gasteiger partial charge on any atom is -0.385 e. The maximum Gasteiger partial charge on any atom is 0.257 e. The van der Waals surface area contributed by atoms with Crippen LogP contribution >= 0.6 is 0 Å². The van der Waals surface area contributed by atoms with Crippen molar-refractivity contribution >= 4 is 5.71 Å². The molecule has 3 N–H and O–H groups in total. The van der Waals surface area contributed by atoms with Gasteiger partial charge in [-0.15, -0.1) is 0 Å². The molecular formula is C24H33N5O2. The number of nitrogens with two attached hydrogens (primary N) is 1. The van der Waals surface area contributed by atoms with Gasteiger partial charge in [-0.25, -0.2) is 4.98 Å². The average molecular weight is 424 g/mol. The molecule has 7 nitrogen and oxygen atoms in total. The Bertz CT molecular complexity index is 1020. The number of rotatable bonds is 5. The monoisotopic (exact) mass is 423 g/mol. The van der Waals surface area contributed by atoms with E-state index in [-0.39, 0.29) is 5.56 Å². The summed E-state index contributed by atoms with van der Waals surface area (Å²) in [6, 6.07) is 8.28. The Morgan fingerprint density at radius 1 is 1.19 bits per heavy atom. The van der Waals surface area contributed by atoms with E-state index in [4.69, 9.17) is 5.84 Å². The largest absolute Gasteiger partial charge is 0.385 e. The number of benzene rings is 1. The van der Waals surface area contributed by atoms with E-state index in [2.05, 4.69) is 34.0 Å². The quantitative estimate of drug-likeness (QED) is 0.437. The highest BCUT2D eigenvalue weighted by molar-refractivity contribution is 6.03. The van der Waals surface area contributed by atoms with Gasteiger partial charge in [0.1, 0.15) is 11.9 Å². The third kappa shape index (κ3) is 4.43. The van der Waals surface area contributed by atoms with Gasteiger partial charge in [-0.05, 0) is 64.6 Å². The van der Waals surface area contributed by atoms with E-state index in [0.717, 1.165) is 61.4 Å². The molecule has 2 aliphatic heterocycles. The van der Waals surface area contributed by atoms with Gasteiger partial charge in [0.2, 0.25) is 0 Å². The van der Waals surface area contributed by atoms with Crippen molar-refractivity contribution in [2.24, 2.45) is 16.9 Å². The average Bonchev–Trinajstić information content (AvgIpc) is 2.77. The molecule has 3 heterocycles. The summed E-state index contributed by atoms with van der Waals surface area (Å²) in [7, 11) is 0. The molecule has 2 aromatic rings. The SMILES string of the molecule is Cc1ccccc1/C(=N\N)C1CCN(CCc2c(C)nc3n(c2=O)CCCC3O)CC1. The molecule has 1 unspecified atom stereocenters. The van der Waals surface area contributed by atoms with Crippen LogP contribution in [0.1, 0.15) is 60.0 Å². The van der Waals surface area contributed by atoms with Crippen LogP contribution in [-0.4, -0.2) is 44.9 Å². The number of aliphatic hydroxyl groups is 1. The normalized spacial score (nSPS) is 20.6. The lowest BCUT2D eigenvalue weighted by Gasteiger charge is -2.33. The summed E-state index contributed by atoms with van der Waals surface area (Å²) >= 11 is 0. The first-order chi connectivity index (χ1) is 15.0. The van der Waals surface area contributed by atoms with Gasteiger partial charge in [0.15, 0.2) is 0 Å². The Balaban J connectivity index is 1.39. The maximum absolute atomic E-state index is 13.0. The van der Waals surface area contributed by atoms with Crippen LogP contribution in [0.4, 0.5) is 0 Å². The van der Waals surface area contributed by atoms with E-state index in [1.807, 2.05) is 19.1 Å². The molecule has 1 aromatic carbocycles. The van der Waals surface area contributed by atoms with Crippen LogP contribution < -0.4 is 11.4 Å². The molecule has 166 valence electrons. The van der Waals surface area contributed by atoms with Crippen LogP contribution in [0.15, 0.2) is 34.2 Å². The van der Waals surface area contributed by atoms with Crippen LogP contribution in [0.3, 0.4) is 0 Å². The van der Waals surface area contributed by atoms with Crippen molar-refractivity contribution < 1.29 is 5.11 Å². The molecule has 1 fully saturated rings. The number of aromatic nitrogens is 2. The van der Waals surface area contributed by atoms with Gasteiger partial charge in [-0.1, -0.05) is 24.3 Å².